The molecule has 23 heavy (non-hydrogen) atoms. The molecule has 2 aromatic carbocycles. The van der Waals surface area contributed by atoms with Crippen molar-refractivity contribution in [2.24, 2.45) is 5.16 Å². The molecule has 120 valence electrons. The summed E-state index contributed by atoms with van der Waals surface area (Å²) in [6.45, 7) is 3.04. The molecule has 1 heterocycles. The van der Waals surface area contributed by atoms with Gasteiger partial charge in [-0.1, -0.05) is 47.1 Å². The van der Waals surface area contributed by atoms with Gasteiger partial charge >= 0.3 is 0 Å². The number of rotatable bonds is 5. The molecule has 3 rings (SSSR count). The van der Waals surface area contributed by atoms with Crippen molar-refractivity contribution in [3.05, 3.63) is 64.7 Å². The highest BCUT2D eigenvalue weighted by atomic mass is 35.5. The molecule has 1 aliphatic rings. The second-order valence-electron chi connectivity index (χ2n) is 5.83. The Balaban J connectivity index is 1.90. The smallest absolute Gasteiger partial charge is 0.106 e. The summed E-state index contributed by atoms with van der Waals surface area (Å²) in [5, 5.41) is 4.97. The van der Waals surface area contributed by atoms with Crippen molar-refractivity contribution in [3.63, 3.8) is 0 Å². The van der Waals surface area contributed by atoms with E-state index in [1.165, 1.54) is 16.8 Å². The Morgan fingerprint density at radius 2 is 1.96 bits per heavy atom. The Bertz CT molecular complexity index is 697. The van der Waals surface area contributed by atoms with Gasteiger partial charge in [-0.05, 0) is 49.1 Å². The second-order valence-corrected chi connectivity index (χ2v) is 6.27. The Kier molecular flexibility index (Phi) is 4.87. The Morgan fingerprint density at radius 3 is 2.70 bits per heavy atom. The minimum atomic E-state index is 0.180. The maximum absolute atomic E-state index is 6.00. The topological polar surface area (TPSA) is 24.8 Å². The highest BCUT2D eigenvalue weighted by Gasteiger charge is 2.28. The molecule has 2 aromatic rings. The normalized spacial score (nSPS) is 15.4. The molecule has 0 aromatic heterocycles. The van der Waals surface area contributed by atoms with Crippen LogP contribution >= 0.6 is 11.6 Å². The monoisotopic (exact) mass is 328 g/mol. The number of para-hydroxylation sites is 1. The van der Waals surface area contributed by atoms with E-state index in [4.69, 9.17) is 16.4 Å². The molecule has 0 amide bonds. The third-order valence-corrected chi connectivity index (χ3v) is 4.61. The Labute approximate surface area is 142 Å². The second kappa shape index (κ2) is 7.05. The summed E-state index contributed by atoms with van der Waals surface area (Å²) in [7, 11) is 1.60. The van der Waals surface area contributed by atoms with E-state index < -0.39 is 0 Å². The van der Waals surface area contributed by atoms with Crippen molar-refractivity contribution in [1.29, 1.82) is 0 Å². The van der Waals surface area contributed by atoms with E-state index >= 15 is 0 Å². The average molecular weight is 329 g/mol. The summed E-state index contributed by atoms with van der Waals surface area (Å²) in [6.07, 6.45) is 1.96. The van der Waals surface area contributed by atoms with Crippen LogP contribution in [-0.4, -0.2) is 25.4 Å². The zero-order valence-electron chi connectivity index (χ0n) is 13.5. The van der Waals surface area contributed by atoms with E-state index in [1.807, 2.05) is 19.1 Å². The third-order valence-electron chi connectivity index (χ3n) is 4.36. The van der Waals surface area contributed by atoms with Crippen LogP contribution in [0.3, 0.4) is 0 Å². The van der Waals surface area contributed by atoms with Gasteiger partial charge in [0.2, 0.25) is 0 Å². The fourth-order valence-corrected chi connectivity index (χ4v) is 3.35. The number of nitrogens with zero attached hydrogens (tertiary/aromatic N) is 2. The highest BCUT2D eigenvalue weighted by Crippen LogP contribution is 2.31. The predicted octanol–water partition coefficient (Wildman–Crippen LogP) is 4.34. The third kappa shape index (κ3) is 3.50. The molecule has 1 aliphatic heterocycles. The van der Waals surface area contributed by atoms with E-state index in [-0.39, 0.29) is 6.04 Å². The summed E-state index contributed by atoms with van der Waals surface area (Å²) in [5.41, 5.74) is 4.93. The largest absolute Gasteiger partial charge is 0.399 e. The first-order valence-corrected chi connectivity index (χ1v) is 8.23. The van der Waals surface area contributed by atoms with Gasteiger partial charge in [0, 0.05) is 17.3 Å². The Morgan fingerprint density at radius 1 is 1.22 bits per heavy atom. The zero-order valence-corrected chi connectivity index (χ0v) is 14.3. The maximum atomic E-state index is 6.00. The number of fused-ring (bicyclic) bond motifs is 1. The van der Waals surface area contributed by atoms with Crippen LogP contribution in [0.4, 0.5) is 5.69 Å². The first-order valence-electron chi connectivity index (χ1n) is 7.85. The molecule has 0 bridgehead atoms. The van der Waals surface area contributed by atoms with Gasteiger partial charge in [0.25, 0.3) is 0 Å². The van der Waals surface area contributed by atoms with Gasteiger partial charge in [-0.15, -0.1) is 0 Å². The number of hydrogen-bond donors (Lipinski definition) is 0. The minimum Gasteiger partial charge on any atom is -0.399 e. The van der Waals surface area contributed by atoms with Crippen LogP contribution in [0.2, 0.25) is 5.02 Å². The number of hydrogen-bond acceptors (Lipinski definition) is 3. The van der Waals surface area contributed by atoms with Gasteiger partial charge in [-0.2, -0.15) is 0 Å². The fraction of sp³-hybridized carbons (Fsp3) is 0.316. The summed E-state index contributed by atoms with van der Waals surface area (Å²) in [6, 6.07) is 16.8. The lowest BCUT2D eigenvalue weighted by atomic mass is 10.0. The summed E-state index contributed by atoms with van der Waals surface area (Å²) >= 11 is 6.00. The molecule has 0 fully saturated rings. The van der Waals surface area contributed by atoms with Crippen LogP contribution in [0.25, 0.3) is 0 Å². The van der Waals surface area contributed by atoms with Crippen LogP contribution in [0.15, 0.2) is 53.7 Å². The molecule has 0 aliphatic carbocycles. The van der Waals surface area contributed by atoms with E-state index in [1.54, 1.807) is 7.11 Å². The summed E-state index contributed by atoms with van der Waals surface area (Å²) in [5.74, 6) is 0. The number of benzene rings is 2. The van der Waals surface area contributed by atoms with E-state index in [2.05, 4.69) is 46.5 Å². The van der Waals surface area contributed by atoms with Crippen molar-refractivity contribution in [2.75, 3.05) is 18.6 Å². The van der Waals surface area contributed by atoms with E-state index in [9.17, 15) is 0 Å². The van der Waals surface area contributed by atoms with Crippen molar-refractivity contribution >= 4 is 23.0 Å². The lowest BCUT2D eigenvalue weighted by Gasteiger charge is -2.30. The number of oxime groups is 1. The highest BCUT2D eigenvalue weighted by molar-refractivity contribution is 6.30. The lowest BCUT2D eigenvalue weighted by Crippen LogP contribution is -2.41. The van der Waals surface area contributed by atoms with Gasteiger partial charge in [-0.3, -0.25) is 0 Å². The summed E-state index contributed by atoms with van der Waals surface area (Å²) in [4.78, 5) is 7.46. The quantitative estimate of drug-likeness (QED) is 0.602. The first-order chi connectivity index (χ1) is 11.2. The van der Waals surface area contributed by atoms with Gasteiger partial charge in [0.05, 0.1) is 11.8 Å². The maximum Gasteiger partial charge on any atom is 0.106 e. The van der Waals surface area contributed by atoms with E-state index in [0.717, 1.165) is 30.1 Å². The van der Waals surface area contributed by atoms with Crippen LogP contribution in [0, 0.1) is 0 Å². The van der Waals surface area contributed by atoms with Crippen LogP contribution in [0.5, 0.6) is 0 Å². The molecule has 0 saturated carbocycles. The zero-order chi connectivity index (χ0) is 16.2. The van der Waals surface area contributed by atoms with E-state index in [0.29, 0.717) is 0 Å². The van der Waals surface area contributed by atoms with Crippen molar-refractivity contribution < 1.29 is 4.84 Å². The van der Waals surface area contributed by atoms with Gasteiger partial charge in [-0.25, -0.2) is 0 Å². The fourth-order valence-electron chi connectivity index (χ4n) is 3.22. The van der Waals surface area contributed by atoms with Gasteiger partial charge in [0.15, 0.2) is 0 Å². The van der Waals surface area contributed by atoms with Gasteiger partial charge < -0.3 is 9.74 Å². The van der Waals surface area contributed by atoms with Crippen molar-refractivity contribution in [1.82, 2.24) is 0 Å². The van der Waals surface area contributed by atoms with Crippen LogP contribution in [-0.2, 0) is 17.7 Å². The van der Waals surface area contributed by atoms with Crippen molar-refractivity contribution in [3.8, 4) is 0 Å². The Hall–Kier alpha value is -2.00. The molecular formula is C19H21ClN2O. The van der Waals surface area contributed by atoms with Crippen LogP contribution < -0.4 is 4.90 Å². The molecule has 3 nitrogen and oxygen atoms in total. The molecule has 0 N–H and O–H groups in total. The lowest BCUT2D eigenvalue weighted by molar-refractivity contribution is 0.211. The molecule has 1 atom stereocenters. The minimum absolute atomic E-state index is 0.180. The van der Waals surface area contributed by atoms with Crippen molar-refractivity contribution in [2.45, 2.75) is 25.8 Å². The standard InChI is InChI=1S/C19H21ClN2O/c1-14(21-23-2)19(13-15-7-9-17(20)10-8-15)22-12-11-16-5-3-4-6-18(16)22/h3-10,19H,11-13H2,1-2H3. The predicted molar refractivity (Wildman–Crippen MR) is 96.6 cm³/mol. The number of anilines is 1. The number of halogens is 1. The molecule has 0 spiro atoms. The van der Waals surface area contributed by atoms with Gasteiger partial charge in [0.1, 0.15) is 7.11 Å². The SMILES string of the molecule is CON=C(C)C(Cc1ccc(Cl)cc1)N1CCc2ccccc21. The molecule has 0 radical (unpaired) electrons. The summed E-state index contributed by atoms with van der Waals surface area (Å²) < 4.78 is 0. The first kappa shape index (κ1) is 15.9. The van der Waals surface area contributed by atoms with Crippen LogP contribution in [0.1, 0.15) is 18.1 Å². The molecule has 4 heteroatoms. The average Bonchev–Trinajstić information content (AvgIpc) is 2.98. The molecule has 0 saturated heterocycles. The molecule has 1 unspecified atom stereocenters. The molecular weight excluding hydrogens is 308 g/mol.